The van der Waals surface area contributed by atoms with Gasteiger partial charge in [0.05, 0.1) is 0 Å². The fourth-order valence-electron chi connectivity index (χ4n) is 2.06. The van der Waals surface area contributed by atoms with Crippen molar-refractivity contribution in [2.45, 2.75) is 39.7 Å². The van der Waals surface area contributed by atoms with Crippen molar-refractivity contribution in [2.75, 3.05) is 5.73 Å². The summed E-state index contributed by atoms with van der Waals surface area (Å²) in [5, 5.41) is 11.9. The molecule has 1 aromatic heterocycles. The van der Waals surface area contributed by atoms with Gasteiger partial charge in [0.25, 0.3) is 0 Å². The molecule has 2 rings (SSSR count). The molecule has 1 heterocycles. The topological polar surface area (TPSA) is 69.6 Å². The maximum atomic E-state index is 5.91. The van der Waals surface area contributed by atoms with Crippen LogP contribution in [0.25, 0.3) is 11.4 Å². The van der Waals surface area contributed by atoms with Crippen LogP contribution in [0.4, 0.5) is 5.69 Å². The normalized spacial score (nSPS) is 11.2. The van der Waals surface area contributed by atoms with Gasteiger partial charge in [-0.3, -0.25) is 0 Å². The highest BCUT2D eigenvalue weighted by Gasteiger charge is 2.10. The van der Waals surface area contributed by atoms with Crippen molar-refractivity contribution < 1.29 is 0 Å². The first kappa shape index (κ1) is 15.0. The molecule has 20 heavy (non-hydrogen) atoms. The fourth-order valence-corrected chi connectivity index (χ4v) is 2.31. The van der Waals surface area contributed by atoms with Crippen molar-refractivity contribution in [1.82, 2.24) is 20.2 Å². The second kappa shape index (κ2) is 6.83. The van der Waals surface area contributed by atoms with Gasteiger partial charge in [0.15, 0.2) is 5.82 Å². The predicted molar refractivity (Wildman–Crippen MR) is 84.1 cm³/mol. The monoisotopic (exact) mass is 337 g/mol. The summed E-state index contributed by atoms with van der Waals surface area (Å²) in [6.45, 7) is 5.32. The molecule has 0 aliphatic carbocycles. The third-order valence-corrected chi connectivity index (χ3v) is 3.91. The molecule has 0 fully saturated rings. The molecule has 0 spiro atoms. The second-order valence-corrected chi connectivity index (χ2v) is 6.21. The average Bonchev–Trinajstić information content (AvgIpc) is 2.86. The van der Waals surface area contributed by atoms with Crippen LogP contribution in [0.15, 0.2) is 22.7 Å². The fraction of sp³-hybridized carbons (Fsp3) is 0.500. The van der Waals surface area contributed by atoms with Gasteiger partial charge in [0, 0.05) is 22.3 Å². The summed E-state index contributed by atoms with van der Waals surface area (Å²) in [7, 11) is 0. The first-order valence-electron chi connectivity index (χ1n) is 6.89. The number of halogens is 1. The Kier molecular flexibility index (Phi) is 5.11. The maximum Gasteiger partial charge on any atom is 0.182 e. The molecular weight excluding hydrogens is 318 g/mol. The molecule has 0 saturated heterocycles. The zero-order valence-electron chi connectivity index (χ0n) is 11.9. The first-order chi connectivity index (χ1) is 9.58. The lowest BCUT2D eigenvalue weighted by molar-refractivity contribution is 0.487. The van der Waals surface area contributed by atoms with Crippen LogP contribution in [0.1, 0.15) is 33.1 Å². The third-order valence-electron chi connectivity index (χ3n) is 3.19. The minimum atomic E-state index is 0.692. The van der Waals surface area contributed by atoms with E-state index in [1.165, 1.54) is 12.8 Å². The van der Waals surface area contributed by atoms with Crippen LogP contribution in [0.2, 0.25) is 0 Å². The number of tetrazole rings is 1. The van der Waals surface area contributed by atoms with E-state index in [2.05, 4.69) is 45.3 Å². The highest BCUT2D eigenvalue weighted by atomic mass is 79.9. The SMILES string of the molecule is CC(C)CCCCn1nnnc1-c1ccc(Br)c(N)c1. The Hall–Kier alpha value is -1.43. The lowest BCUT2D eigenvalue weighted by Gasteiger charge is -2.07. The van der Waals surface area contributed by atoms with E-state index in [0.717, 1.165) is 34.7 Å². The summed E-state index contributed by atoms with van der Waals surface area (Å²) in [6.07, 6.45) is 3.52. The van der Waals surface area contributed by atoms with Gasteiger partial charge in [-0.05, 0) is 56.9 Å². The number of anilines is 1. The van der Waals surface area contributed by atoms with Crippen molar-refractivity contribution in [3.63, 3.8) is 0 Å². The van der Waals surface area contributed by atoms with Gasteiger partial charge in [-0.2, -0.15) is 0 Å². The number of rotatable bonds is 6. The smallest absolute Gasteiger partial charge is 0.182 e. The molecule has 108 valence electrons. The number of benzene rings is 1. The Balaban J connectivity index is 2.06. The molecule has 2 aromatic rings. The molecule has 6 heteroatoms. The number of unbranched alkanes of at least 4 members (excludes halogenated alkanes) is 1. The number of nitrogens with two attached hydrogens (primary N) is 1. The van der Waals surface area contributed by atoms with Crippen molar-refractivity contribution in [2.24, 2.45) is 5.92 Å². The minimum Gasteiger partial charge on any atom is -0.398 e. The summed E-state index contributed by atoms with van der Waals surface area (Å²) in [4.78, 5) is 0. The van der Waals surface area contributed by atoms with Gasteiger partial charge >= 0.3 is 0 Å². The summed E-state index contributed by atoms with van der Waals surface area (Å²) in [5.74, 6) is 1.52. The summed E-state index contributed by atoms with van der Waals surface area (Å²) < 4.78 is 2.74. The molecule has 0 unspecified atom stereocenters. The van der Waals surface area contributed by atoms with Gasteiger partial charge in [0.1, 0.15) is 0 Å². The van der Waals surface area contributed by atoms with Gasteiger partial charge < -0.3 is 5.73 Å². The zero-order valence-corrected chi connectivity index (χ0v) is 13.5. The molecule has 0 radical (unpaired) electrons. The minimum absolute atomic E-state index is 0.692. The number of aromatic nitrogens is 4. The molecule has 0 aliphatic heterocycles. The van der Waals surface area contributed by atoms with E-state index >= 15 is 0 Å². The summed E-state index contributed by atoms with van der Waals surface area (Å²) >= 11 is 3.39. The molecule has 0 saturated carbocycles. The zero-order chi connectivity index (χ0) is 14.5. The molecule has 1 aromatic carbocycles. The van der Waals surface area contributed by atoms with Crippen molar-refractivity contribution in [1.29, 1.82) is 0 Å². The van der Waals surface area contributed by atoms with E-state index in [1.54, 1.807) is 0 Å². The van der Waals surface area contributed by atoms with E-state index in [4.69, 9.17) is 5.73 Å². The van der Waals surface area contributed by atoms with Crippen LogP contribution in [0.3, 0.4) is 0 Å². The molecule has 0 amide bonds. The van der Waals surface area contributed by atoms with E-state index in [-0.39, 0.29) is 0 Å². The van der Waals surface area contributed by atoms with Gasteiger partial charge in [0.2, 0.25) is 0 Å². The Bertz CT molecular complexity index is 564. The quantitative estimate of drug-likeness (QED) is 0.646. The Labute approximate surface area is 127 Å². The molecule has 0 atom stereocenters. The molecular formula is C14H20BrN5. The van der Waals surface area contributed by atoms with Crippen molar-refractivity contribution in [3.05, 3.63) is 22.7 Å². The van der Waals surface area contributed by atoms with Crippen LogP contribution in [-0.4, -0.2) is 20.2 Å². The lowest BCUT2D eigenvalue weighted by Crippen LogP contribution is -2.04. The lowest BCUT2D eigenvalue weighted by atomic mass is 10.1. The number of hydrogen-bond donors (Lipinski definition) is 1. The first-order valence-corrected chi connectivity index (χ1v) is 7.69. The highest BCUT2D eigenvalue weighted by Crippen LogP contribution is 2.25. The average molecular weight is 338 g/mol. The van der Waals surface area contributed by atoms with Gasteiger partial charge in [-0.25, -0.2) is 4.68 Å². The largest absolute Gasteiger partial charge is 0.398 e. The number of hydrogen-bond acceptors (Lipinski definition) is 4. The van der Waals surface area contributed by atoms with E-state index in [9.17, 15) is 0 Å². The number of nitrogen functional groups attached to an aromatic ring is 1. The highest BCUT2D eigenvalue weighted by molar-refractivity contribution is 9.10. The summed E-state index contributed by atoms with van der Waals surface area (Å²) in [6, 6.07) is 5.78. The number of aryl methyl sites for hydroxylation is 1. The molecule has 0 aliphatic rings. The maximum absolute atomic E-state index is 5.91. The van der Waals surface area contributed by atoms with Crippen LogP contribution < -0.4 is 5.73 Å². The molecule has 0 bridgehead atoms. The van der Waals surface area contributed by atoms with Crippen LogP contribution in [0.5, 0.6) is 0 Å². The Morgan fingerprint density at radius 3 is 2.80 bits per heavy atom. The number of nitrogens with zero attached hydrogens (tertiary/aromatic N) is 4. The van der Waals surface area contributed by atoms with E-state index < -0.39 is 0 Å². The standard InChI is InChI=1S/C14H20BrN5/c1-10(2)5-3-4-8-20-14(17-18-19-20)11-6-7-12(15)13(16)9-11/h6-7,9-10H,3-5,8,16H2,1-2H3. The molecule has 5 nitrogen and oxygen atoms in total. The van der Waals surface area contributed by atoms with Crippen molar-refractivity contribution in [3.8, 4) is 11.4 Å². The van der Waals surface area contributed by atoms with Crippen LogP contribution in [0, 0.1) is 5.92 Å². The van der Waals surface area contributed by atoms with Gasteiger partial charge in [-0.1, -0.05) is 26.7 Å². The van der Waals surface area contributed by atoms with Crippen LogP contribution in [-0.2, 0) is 6.54 Å². The Morgan fingerprint density at radius 2 is 2.10 bits per heavy atom. The summed E-state index contributed by atoms with van der Waals surface area (Å²) in [5.41, 5.74) is 7.54. The van der Waals surface area contributed by atoms with Crippen molar-refractivity contribution >= 4 is 21.6 Å². The molecule has 2 N–H and O–H groups in total. The van der Waals surface area contributed by atoms with E-state index in [0.29, 0.717) is 5.69 Å². The third kappa shape index (κ3) is 3.79. The van der Waals surface area contributed by atoms with Crippen LogP contribution >= 0.6 is 15.9 Å². The Morgan fingerprint density at radius 1 is 1.30 bits per heavy atom. The predicted octanol–water partition coefficient (Wildman–Crippen LogP) is 3.51. The second-order valence-electron chi connectivity index (χ2n) is 5.35. The van der Waals surface area contributed by atoms with E-state index in [1.807, 2.05) is 22.9 Å². The van der Waals surface area contributed by atoms with Gasteiger partial charge in [-0.15, -0.1) is 5.10 Å².